The van der Waals surface area contributed by atoms with Crippen LogP contribution in [0.15, 0.2) is 51.4 Å². The Morgan fingerprint density at radius 2 is 1.97 bits per heavy atom. The summed E-state index contributed by atoms with van der Waals surface area (Å²) in [5, 5.41) is 9.99. The number of aliphatic imine (C=N–C) groups is 1. The summed E-state index contributed by atoms with van der Waals surface area (Å²) in [6.45, 7) is 6.37. The first-order valence-corrected chi connectivity index (χ1v) is 11.4. The first-order chi connectivity index (χ1) is 14.8. The van der Waals surface area contributed by atoms with Crippen molar-refractivity contribution in [3.8, 4) is 11.5 Å². The van der Waals surface area contributed by atoms with Crippen LogP contribution in [0.2, 0.25) is 0 Å². The third-order valence-electron chi connectivity index (χ3n) is 4.91. The minimum Gasteiger partial charge on any atom is -0.444 e. The summed E-state index contributed by atoms with van der Waals surface area (Å²) in [5.74, 6) is 1.40. The Hall–Kier alpha value is -2.87. The molecule has 4 rings (SSSR count). The number of nitrogens with zero attached hydrogens (tertiary/aromatic N) is 4. The molecule has 0 bridgehead atoms. The zero-order valence-corrected chi connectivity index (χ0v) is 18.1. The van der Waals surface area contributed by atoms with Crippen molar-refractivity contribution >= 4 is 22.4 Å². The molecule has 0 atom stereocenters. The van der Waals surface area contributed by atoms with E-state index in [0.717, 1.165) is 60.6 Å². The molecule has 3 aromatic rings. The predicted octanol–water partition coefficient (Wildman–Crippen LogP) is 3.70. The Bertz CT molecular complexity index is 945. The van der Waals surface area contributed by atoms with Gasteiger partial charge in [0, 0.05) is 43.5 Å². The third-order valence-corrected chi connectivity index (χ3v) is 5.86. The van der Waals surface area contributed by atoms with Gasteiger partial charge >= 0.3 is 0 Å². The van der Waals surface area contributed by atoms with E-state index in [9.17, 15) is 0 Å². The van der Waals surface area contributed by atoms with Crippen LogP contribution >= 0.6 is 11.3 Å². The number of oxazole rings is 1. The molecule has 158 valence electrons. The van der Waals surface area contributed by atoms with Crippen molar-refractivity contribution in [3.63, 3.8) is 0 Å². The number of nitrogens with one attached hydrogen (secondary N) is 2. The van der Waals surface area contributed by atoms with Crippen LogP contribution in [-0.4, -0.2) is 42.1 Å². The highest BCUT2D eigenvalue weighted by Crippen LogP contribution is 2.24. The molecule has 2 aromatic heterocycles. The summed E-state index contributed by atoms with van der Waals surface area (Å²) < 4.78 is 5.59. The number of anilines is 1. The molecule has 0 amide bonds. The second kappa shape index (κ2) is 10.2. The van der Waals surface area contributed by atoms with Gasteiger partial charge in [-0.3, -0.25) is 0 Å². The van der Waals surface area contributed by atoms with Crippen molar-refractivity contribution in [1.29, 1.82) is 0 Å². The molecule has 1 saturated heterocycles. The molecule has 1 aliphatic heterocycles. The standard InChI is InChI=1S/C22H28N6OS/c1-2-23-21(24-11-10-18-16-30-22(27-18)28-12-6-7-13-28)25-14-19-15-29-20(26-19)17-8-4-3-5-9-17/h3-5,8-9,15-16H,2,6-7,10-14H2,1H3,(H2,23,24,25). The van der Waals surface area contributed by atoms with E-state index in [2.05, 4.69) is 37.8 Å². The van der Waals surface area contributed by atoms with E-state index in [4.69, 9.17) is 9.40 Å². The molecule has 0 spiro atoms. The molecule has 8 heteroatoms. The lowest BCUT2D eigenvalue weighted by atomic mass is 10.2. The van der Waals surface area contributed by atoms with Crippen molar-refractivity contribution in [1.82, 2.24) is 20.6 Å². The number of guanidine groups is 1. The predicted molar refractivity (Wildman–Crippen MR) is 122 cm³/mol. The van der Waals surface area contributed by atoms with Gasteiger partial charge in [-0.25, -0.2) is 15.0 Å². The first-order valence-electron chi connectivity index (χ1n) is 10.5. The Labute approximate surface area is 181 Å². The summed E-state index contributed by atoms with van der Waals surface area (Å²) in [6.07, 6.45) is 5.09. The number of aromatic nitrogens is 2. The van der Waals surface area contributed by atoms with E-state index >= 15 is 0 Å². The minimum atomic E-state index is 0.460. The highest BCUT2D eigenvalue weighted by Gasteiger charge is 2.15. The lowest BCUT2D eigenvalue weighted by Gasteiger charge is -2.12. The number of thiazole rings is 1. The highest BCUT2D eigenvalue weighted by molar-refractivity contribution is 7.13. The Balaban J connectivity index is 1.29. The molecule has 7 nitrogen and oxygen atoms in total. The van der Waals surface area contributed by atoms with Crippen LogP contribution < -0.4 is 15.5 Å². The summed E-state index contributed by atoms with van der Waals surface area (Å²) in [4.78, 5) is 16.3. The molecular weight excluding hydrogens is 396 g/mol. The molecule has 1 aliphatic rings. The van der Waals surface area contributed by atoms with Gasteiger partial charge in [-0.1, -0.05) is 18.2 Å². The van der Waals surface area contributed by atoms with Crippen molar-refractivity contribution in [2.75, 3.05) is 31.1 Å². The second-order valence-corrected chi connectivity index (χ2v) is 8.03. The lowest BCUT2D eigenvalue weighted by molar-refractivity contribution is 0.572. The maximum Gasteiger partial charge on any atom is 0.226 e. The van der Waals surface area contributed by atoms with Gasteiger partial charge in [0.05, 0.1) is 12.2 Å². The van der Waals surface area contributed by atoms with Gasteiger partial charge in [0.15, 0.2) is 11.1 Å². The van der Waals surface area contributed by atoms with E-state index in [-0.39, 0.29) is 0 Å². The van der Waals surface area contributed by atoms with Crippen LogP contribution in [0, 0.1) is 0 Å². The molecule has 0 saturated carbocycles. The fraction of sp³-hybridized carbons (Fsp3) is 0.409. The third kappa shape index (κ3) is 5.38. The van der Waals surface area contributed by atoms with Gasteiger partial charge in [-0.05, 0) is 31.9 Å². The maximum absolute atomic E-state index is 5.59. The maximum atomic E-state index is 5.59. The van der Waals surface area contributed by atoms with Crippen LogP contribution in [0.3, 0.4) is 0 Å². The quantitative estimate of drug-likeness (QED) is 0.424. The average molecular weight is 425 g/mol. The van der Waals surface area contributed by atoms with Crippen molar-refractivity contribution in [3.05, 3.63) is 53.4 Å². The van der Waals surface area contributed by atoms with E-state index in [0.29, 0.717) is 12.4 Å². The summed E-state index contributed by atoms with van der Waals surface area (Å²) in [5.41, 5.74) is 2.91. The zero-order chi connectivity index (χ0) is 20.6. The summed E-state index contributed by atoms with van der Waals surface area (Å²) in [6, 6.07) is 9.89. The molecule has 1 fully saturated rings. The van der Waals surface area contributed by atoms with E-state index in [1.165, 1.54) is 12.8 Å². The monoisotopic (exact) mass is 424 g/mol. The van der Waals surface area contributed by atoms with Crippen molar-refractivity contribution < 1.29 is 4.42 Å². The molecular formula is C22H28N6OS. The Kier molecular flexibility index (Phi) is 6.97. The first kappa shape index (κ1) is 20.4. The number of benzene rings is 1. The van der Waals surface area contributed by atoms with Crippen LogP contribution in [0.25, 0.3) is 11.5 Å². The smallest absolute Gasteiger partial charge is 0.226 e. The SMILES string of the molecule is CCNC(=NCc1coc(-c2ccccc2)n1)NCCc1csc(N2CCCC2)n1. The number of hydrogen-bond donors (Lipinski definition) is 2. The molecule has 0 unspecified atom stereocenters. The van der Waals surface area contributed by atoms with Crippen molar-refractivity contribution in [2.24, 2.45) is 4.99 Å². The molecule has 0 radical (unpaired) electrons. The van der Waals surface area contributed by atoms with Crippen LogP contribution in [0.1, 0.15) is 31.2 Å². The second-order valence-electron chi connectivity index (χ2n) is 7.20. The lowest BCUT2D eigenvalue weighted by Crippen LogP contribution is -2.38. The average Bonchev–Trinajstić information content (AvgIpc) is 3.54. The van der Waals surface area contributed by atoms with Gasteiger partial charge in [0.2, 0.25) is 5.89 Å². The highest BCUT2D eigenvalue weighted by atomic mass is 32.1. The van der Waals surface area contributed by atoms with E-state index < -0.39 is 0 Å². The normalized spacial score (nSPS) is 14.3. The molecule has 2 N–H and O–H groups in total. The minimum absolute atomic E-state index is 0.460. The van der Waals surface area contributed by atoms with Crippen LogP contribution in [0.5, 0.6) is 0 Å². The zero-order valence-electron chi connectivity index (χ0n) is 17.3. The van der Waals surface area contributed by atoms with Gasteiger partial charge in [-0.15, -0.1) is 11.3 Å². The van der Waals surface area contributed by atoms with E-state index in [1.807, 2.05) is 30.3 Å². The molecule has 1 aromatic carbocycles. The van der Waals surface area contributed by atoms with Gasteiger partial charge in [0.25, 0.3) is 0 Å². The van der Waals surface area contributed by atoms with Gasteiger partial charge in [0.1, 0.15) is 12.0 Å². The topological polar surface area (TPSA) is 78.6 Å². The molecule has 0 aliphatic carbocycles. The number of hydrogen-bond acceptors (Lipinski definition) is 6. The molecule has 3 heterocycles. The summed E-state index contributed by atoms with van der Waals surface area (Å²) >= 11 is 1.75. The molecule has 30 heavy (non-hydrogen) atoms. The fourth-order valence-electron chi connectivity index (χ4n) is 3.37. The Morgan fingerprint density at radius 1 is 1.13 bits per heavy atom. The van der Waals surface area contributed by atoms with Crippen LogP contribution in [-0.2, 0) is 13.0 Å². The largest absolute Gasteiger partial charge is 0.444 e. The van der Waals surface area contributed by atoms with E-state index in [1.54, 1.807) is 17.6 Å². The van der Waals surface area contributed by atoms with Gasteiger partial charge < -0.3 is 20.0 Å². The Morgan fingerprint density at radius 3 is 2.77 bits per heavy atom. The summed E-state index contributed by atoms with van der Waals surface area (Å²) in [7, 11) is 0. The van der Waals surface area contributed by atoms with Crippen molar-refractivity contribution in [2.45, 2.75) is 32.7 Å². The van der Waals surface area contributed by atoms with Gasteiger partial charge in [-0.2, -0.15) is 0 Å². The van der Waals surface area contributed by atoms with Crippen LogP contribution in [0.4, 0.5) is 5.13 Å². The fourth-order valence-corrected chi connectivity index (χ4v) is 4.28. The number of rotatable bonds is 8.